The Morgan fingerprint density at radius 2 is 1.72 bits per heavy atom. The van der Waals surface area contributed by atoms with E-state index in [4.69, 9.17) is 10.7 Å². The number of aliphatic imine (C=N–C) groups is 1. The summed E-state index contributed by atoms with van der Waals surface area (Å²) in [6.07, 6.45) is 2.54. The maximum Gasteiger partial charge on any atom is 0.191 e. The van der Waals surface area contributed by atoms with Crippen LogP contribution in [0.2, 0.25) is 0 Å². The molecule has 158 valence electrons. The third-order valence-electron chi connectivity index (χ3n) is 5.67. The fraction of sp³-hybridized carbons (Fsp3) is 0.476. The lowest BCUT2D eigenvalue weighted by atomic mass is 10.2. The highest BCUT2D eigenvalue weighted by atomic mass is 127. The summed E-state index contributed by atoms with van der Waals surface area (Å²) in [5.41, 5.74) is 7.40. The molecule has 2 aliphatic rings. The second kappa shape index (κ2) is 10.6. The molecule has 8 heteroatoms. The molecule has 0 aliphatic carbocycles. The fourth-order valence-electron chi connectivity index (χ4n) is 4.05. The van der Waals surface area contributed by atoms with Gasteiger partial charge in [0, 0.05) is 36.7 Å². The summed E-state index contributed by atoms with van der Waals surface area (Å²) >= 11 is 1.81. The van der Waals surface area contributed by atoms with Crippen molar-refractivity contribution in [1.82, 2.24) is 9.80 Å². The lowest BCUT2D eigenvalue weighted by Gasteiger charge is -2.36. The Hall–Kier alpha value is -1.39. The smallest absolute Gasteiger partial charge is 0.191 e. The molecule has 2 aromatic rings. The fourth-order valence-corrected chi connectivity index (χ4v) is 4.90. The van der Waals surface area contributed by atoms with Gasteiger partial charge in [0.2, 0.25) is 0 Å². The molecule has 0 radical (unpaired) electrons. The van der Waals surface area contributed by atoms with Gasteiger partial charge in [-0.1, -0.05) is 6.07 Å². The lowest BCUT2D eigenvalue weighted by molar-refractivity contribution is 0.254. The molecule has 2 saturated heterocycles. The first-order valence-electron chi connectivity index (χ1n) is 10.0. The van der Waals surface area contributed by atoms with Gasteiger partial charge in [0.25, 0.3) is 0 Å². The largest absolute Gasteiger partial charge is 0.370 e. The quantitative estimate of drug-likeness (QED) is 0.364. The summed E-state index contributed by atoms with van der Waals surface area (Å²) in [6, 6.07) is 11.4. The second-order valence-electron chi connectivity index (χ2n) is 7.42. The van der Waals surface area contributed by atoms with Crippen LogP contribution in [0.5, 0.6) is 0 Å². The lowest BCUT2D eigenvalue weighted by Crippen LogP contribution is -2.51. The molecule has 1 atom stereocenters. The average molecular weight is 529 g/mol. The van der Waals surface area contributed by atoms with Gasteiger partial charge in [0.15, 0.2) is 5.96 Å². The number of thiophene rings is 1. The number of nitrogens with two attached hydrogens (primary N) is 1. The van der Waals surface area contributed by atoms with E-state index in [0.717, 1.165) is 45.0 Å². The van der Waals surface area contributed by atoms with Gasteiger partial charge in [-0.3, -0.25) is 9.89 Å². The summed E-state index contributed by atoms with van der Waals surface area (Å²) < 4.78 is 13.1. The molecule has 29 heavy (non-hydrogen) atoms. The Morgan fingerprint density at radius 3 is 2.34 bits per heavy atom. The summed E-state index contributed by atoms with van der Waals surface area (Å²) in [7, 11) is 0. The van der Waals surface area contributed by atoms with Crippen molar-refractivity contribution in [3.05, 3.63) is 52.5 Å². The molecular weight excluding hydrogens is 500 g/mol. The molecule has 0 saturated carbocycles. The molecule has 2 N–H and O–H groups in total. The molecule has 2 fully saturated rings. The standard InChI is InChI=1S/C21H28FN5S.HI/c22-17-5-7-18(8-6-17)25-11-13-27(14-12-25)21(23)24-16-19(20-4-3-15-28-20)26-9-1-2-10-26;/h3-8,15,19H,1-2,9-14,16H2,(H2,23,24);1H. The van der Waals surface area contributed by atoms with Crippen molar-refractivity contribution in [2.75, 3.05) is 50.7 Å². The molecular formula is C21H29FIN5S. The maximum absolute atomic E-state index is 13.1. The van der Waals surface area contributed by atoms with Gasteiger partial charge in [-0.05, 0) is 61.6 Å². The van der Waals surface area contributed by atoms with Gasteiger partial charge < -0.3 is 15.5 Å². The molecule has 0 amide bonds. The highest BCUT2D eigenvalue weighted by Crippen LogP contribution is 2.28. The predicted octanol–water partition coefficient (Wildman–Crippen LogP) is 3.78. The number of guanidine groups is 1. The van der Waals surface area contributed by atoms with Crippen molar-refractivity contribution in [1.29, 1.82) is 0 Å². The zero-order valence-electron chi connectivity index (χ0n) is 16.5. The number of halogens is 2. The van der Waals surface area contributed by atoms with Crippen LogP contribution in [-0.2, 0) is 0 Å². The van der Waals surface area contributed by atoms with Crippen LogP contribution in [0.4, 0.5) is 10.1 Å². The van der Waals surface area contributed by atoms with Crippen molar-refractivity contribution in [2.45, 2.75) is 18.9 Å². The number of rotatable bonds is 5. The number of benzene rings is 1. The van der Waals surface area contributed by atoms with Crippen LogP contribution < -0.4 is 10.6 Å². The van der Waals surface area contributed by atoms with Crippen molar-refractivity contribution in [3.63, 3.8) is 0 Å². The summed E-state index contributed by atoms with van der Waals surface area (Å²) in [4.78, 5) is 13.1. The first kappa shape index (κ1) is 22.3. The summed E-state index contributed by atoms with van der Waals surface area (Å²) in [6.45, 7) is 6.40. The van der Waals surface area contributed by atoms with Crippen LogP contribution >= 0.6 is 35.3 Å². The van der Waals surface area contributed by atoms with Gasteiger partial charge in [-0.25, -0.2) is 4.39 Å². The van der Waals surface area contributed by atoms with E-state index in [0.29, 0.717) is 18.5 Å². The van der Waals surface area contributed by atoms with Gasteiger partial charge in [-0.2, -0.15) is 0 Å². The third kappa shape index (κ3) is 5.61. The highest BCUT2D eigenvalue weighted by molar-refractivity contribution is 14.0. The first-order valence-corrected chi connectivity index (χ1v) is 10.9. The number of piperazine rings is 1. The van der Waals surface area contributed by atoms with Crippen molar-refractivity contribution in [3.8, 4) is 0 Å². The van der Waals surface area contributed by atoms with E-state index in [1.54, 1.807) is 11.3 Å². The summed E-state index contributed by atoms with van der Waals surface area (Å²) in [5, 5.41) is 2.14. The van der Waals surface area contributed by atoms with Crippen LogP contribution in [0.3, 0.4) is 0 Å². The van der Waals surface area contributed by atoms with E-state index in [2.05, 4.69) is 32.2 Å². The van der Waals surface area contributed by atoms with Gasteiger partial charge >= 0.3 is 0 Å². The second-order valence-corrected chi connectivity index (χ2v) is 8.40. The number of hydrogen-bond acceptors (Lipinski definition) is 4. The number of anilines is 1. The van der Waals surface area contributed by atoms with Crippen molar-refractivity contribution < 1.29 is 4.39 Å². The molecule has 2 aliphatic heterocycles. The first-order chi connectivity index (χ1) is 13.7. The molecule has 1 unspecified atom stereocenters. The van der Waals surface area contributed by atoms with E-state index >= 15 is 0 Å². The van der Waals surface area contributed by atoms with Crippen LogP contribution in [-0.4, -0.2) is 61.6 Å². The van der Waals surface area contributed by atoms with Gasteiger partial charge in [0.05, 0.1) is 12.6 Å². The summed E-state index contributed by atoms with van der Waals surface area (Å²) in [5.74, 6) is 0.441. The van der Waals surface area contributed by atoms with Crippen LogP contribution in [0.25, 0.3) is 0 Å². The minimum absolute atomic E-state index is 0. The van der Waals surface area contributed by atoms with Gasteiger partial charge in [0.1, 0.15) is 5.82 Å². The maximum atomic E-state index is 13.1. The number of hydrogen-bond donors (Lipinski definition) is 1. The molecule has 4 rings (SSSR count). The third-order valence-corrected chi connectivity index (χ3v) is 6.65. The zero-order valence-corrected chi connectivity index (χ0v) is 19.7. The minimum atomic E-state index is -0.197. The van der Waals surface area contributed by atoms with Crippen LogP contribution in [0, 0.1) is 5.82 Å². The van der Waals surface area contributed by atoms with Crippen LogP contribution in [0.1, 0.15) is 23.8 Å². The average Bonchev–Trinajstić information content (AvgIpc) is 3.44. The van der Waals surface area contributed by atoms with E-state index < -0.39 is 0 Å². The van der Waals surface area contributed by atoms with Gasteiger partial charge in [-0.15, -0.1) is 35.3 Å². The van der Waals surface area contributed by atoms with Crippen molar-refractivity contribution in [2.24, 2.45) is 10.7 Å². The molecule has 5 nitrogen and oxygen atoms in total. The monoisotopic (exact) mass is 529 g/mol. The zero-order chi connectivity index (χ0) is 19.3. The van der Waals surface area contributed by atoms with E-state index in [1.165, 1.54) is 29.9 Å². The Labute approximate surface area is 193 Å². The topological polar surface area (TPSA) is 48.1 Å². The molecule has 0 spiro atoms. The molecule has 0 bridgehead atoms. The molecule has 1 aromatic heterocycles. The predicted molar refractivity (Wildman–Crippen MR) is 130 cm³/mol. The Kier molecular flexibility index (Phi) is 8.14. The molecule has 1 aromatic carbocycles. The SMILES string of the molecule is I.NC(=NCC(c1cccs1)N1CCCC1)N1CCN(c2ccc(F)cc2)CC1. The minimum Gasteiger partial charge on any atom is -0.370 e. The Balaban J connectivity index is 0.00000240. The normalized spacial score (nSPS) is 19.3. The van der Waals surface area contributed by atoms with E-state index in [1.807, 2.05) is 12.1 Å². The Morgan fingerprint density at radius 1 is 1.03 bits per heavy atom. The highest BCUT2D eigenvalue weighted by Gasteiger charge is 2.25. The Bertz CT molecular complexity index is 769. The number of nitrogens with zero attached hydrogens (tertiary/aromatic N) is 4. The van der Waals surface area contributed by atoms with E-state index in [-0.39, 0.29) is 29.8 Å². The van der Waals surface area contributed by atoms with Crippen molar-refractivity contribution >= 4 is 47.0 Å². The van der Waals surface area contributed by atoms with E-state index in [9.17, 15) is 4.39 Å². The van der Waals surface area contributed by atoms with Crippen LogP contribution in [0.15, 0.2) is 46.8 Å². The molecule has 3 heterocycles. The number of likely N-dealkylation sites (tertiary alicyclic amines) is 1.